The second kappa shape index (κ2) is 7.83. The molecule has 0 spiro atoms. The molecule has 0 radical (unpaired) electrons. The molecule has 3 N–H and O–H groups in total. The first kappa shape index (κ1) is 21.4. The average molecular weight is 420 g/mol. The number of benzene rings is 1. The Morgan fingerprint density at radius 1 is 1.14 bits per heavy atom. The molecule has 6 nitrogen and oxygen atoms in total. The summed E-state index contributed by atoms with van der Waals surface area (Å²) in [6.45, 7) is 0. The third-order valence-electron chi connectivity index (χ3n) is 5.03. The molecule has 2 heterocycles. The van der Waals surface area contributed by atoms with Crippen LogP contribution in [0.2, 0.25) is 0 Å². The maximum atomic E-state index is 13.9. The number of hydrogen-bond acceptors (Lipinski definition) is 7. The molecule has 3 rings (SSSR count). The van der Waals surface area contributed by atoms with Gasteiger partial charge in [-0.1, -0.05) is 42.1 Å². The fraction of sp³-hybridized carbons (Fsp3) is 0.611. The number of halogens is 3. The van der Waals surface area contributed by atoms with E-state index in [1.807, 2.05) is 0 Å². The van der Waals surface area contributed by atoms with E-state index in [0.29, 0.717) is 10.7 Å². The number of nitrogens with zero attached hydrogens (tertiary/aromatic N) is 2. The SMILES string of the molecule is CN(C)C1=N[C@@H]2[C@@H](O)[C@H](O)C([C@@](O)(CCc3ccccc3)C(F)(F)F)O[C@@H]2S1. The predicted molar refractivity (Wildman–Crippen MR) is 98.9 cm³/mol. The van der Waals surface area contributed by atoms with Crippen LogP contribution in [0.5, 0.6) is 0 Å². The first-order chi connectivity index (χ1) is 13.0. The van der Waals surface area contributed by atoms with Gasteiger partial charge in [0.15, 0.2) is 10.8 Å². The summed E-state index contributed by atoms with van der Waals surface area (Å²) in [6, 6.07) is 7.53. The van der Waals surface area contributed by atoms with Gasteiger partial charge in [0.25, 0.3) is 0 Å². The first-order valence-corrected chi connectivity index (χ1v) is 9.69. The summed E-state index contributed by atoms with van der Waals surface area (Å²) in [5.74, 6) is 0. The van der Waals surface area contributed by atoms with Crippen molar-refractivity contribution in [2.45, 2.75) is 54.4 Å². The second-order valence-electron chi connectivity index (χ2n) is 7.23. The molecule has 1 unspecified atom stereocenters. The number of aliphatic hydroxyl groups excluding tert-OH is 2. The highest BCUT2D eigenvalue weighted by atomic mass is 32.2. The molecule has 28 heavy (non-hydrogen) atoms. The summed E-state index contributed by atoms with van der Waals surface area (Å²) in [6.07, 6.45) is -11.4. The van der Waals surface area contributed by atoms with Gasteiger partial charge in [0.05, 0.1) is 0 Å². The van der Waals surface area contributed by atoms with Crippen LogP contribution >= 0.6 is 11.8 Å². The van der Waals surface area contributed by atoms with E-state index in [1.54, 1.807) is 49.3 Å². The van der Waals surface area contributed by atoms with Crippen LogP contribution in [0, 0.1) is 0 Å². The van der Waals surface area contributed by atoms with Crippen molar-refractivity contribution in [2.24, 2.45) is 4.99 Å². The van der Waals surface area contributed by atoms with Crippen molar-refractivity contribution in [2.75, 3.05) is 14.1 Å². The summed E-state index contributed by atoms with van der Waals surface area (Å²) in [4.78, 5) is 5.87. The van der Waals surface area contributed by atoms with Crippen LogP contribution < -0.4 is 0 Å². The van der Waals surface area contributed by atoms with E-state index in [4.69, 9.17) is 4.74 Å². The molecule has 1 fully saturated rings. The summed E-state index contributed by atoms with van der Waals surface area (Å²) in [5.41, 5.74) is -3.64. The minimum atomic E-state index is -5.06. The van der Waals surface area contributed by atoms with Gasteiger partial charge in [-0.15, -0.1) is 0 Å². The number of aliphatic hydroxyl groups is 3. The number of ether oxygens (including phenoxy) is 1. The van der Waals surface area contributed by atoms with Crippen LogP contribution in [0.1, 0.15) is 12.0 Å². The number of hydrogen-bond donors (Lipinski definition) is 3. The maximum absolute atomic E-state index is 13.9. The molecule has 1 aromatic carbocycles. The van der Waals surface area contributed by atoms with Gasteiger partial charge < -0.3 is 25.0 Å². The Morgan fingerprint density at radius 2 is 1.79 bits per heavy atom. The quantitative estimate of drug-likeness (QED) is 0.683. The number of thioether (sulfide) groups is 1. The van der Waals surface area contributed by atoms with Crippen LogP contribution in [0.15, 0.2) is 35.3 Å². The van der Waals surface area contributed by atoms with E-state index < -0.39 is 48.0 Å². The summed E-state index contributed by atoms with van der Waals surface area (Å²) in [5, 5.41) is 31.9. The van der Waals surface area contributed by atoms with Gasteiger partial charge >= 0.3 is 6.18 Å². The lowest BCUT2D eigenvalue weighted by atomic mass is 9.81. The monoisotopic (exact) mass is 420 g/mol. The largest absolute Gasteiger partial charge is 0.419 e. The molecule has 0 aromatic heterocycles. The Balaban J connectivity index is 1.84. The Bertz CT molecular complexity index is 719. The van der Waals surface area contributed by atoms with E-state index >= 15 is 0 Å². The standard InChI is InChI=1S/C18H23F3N2O4S/c1-23(2)16-22-11-12(24)13(25)14(27-15(11)28-16)17(26,18(19,20)21)9-8-10-6-4-3-5-7-10/h3-7,11-15,24-26H,8-9H2,1-2H3/t11-,12-,13+,14?,15-,17+/m1/s1. The fourth-order valence-corrected chi connectivity index (χ4v) is 4.52. The maximum Gasteiger partial charge on any atom is 0.419 e. The number of amidine groups is 1. The van der Waals surface area contributed by atoms with E-state index in [2.05, 4.69) is 4.99 Å². The van der Waals surface area contributed by atoms with Gasteiger partial charge in [-0.25, -0.2) is 0 Å². The predicted octanol–water partition coefficient (Wildman–Crippen LogP) is 1.39. The lowest BCUT2D eigenvalue weighted by molar-refractivity contribution is -0.326. The zero-order chi connectivity index (χ0) is 20.7. The third-order valence-corrected chi connectivity index (χ3v) is 6.34. The average Bonchev–Trinajstić information content (AvgIpc) is 3.07. The highest BCUT2D eigenvalue weighted by Crippen LogP contribution is 2.45. The van der Waals surface area contributed by atoms with Crippen molar-refractivity contribution >= 4 is 16.9 Å². The zero-order valence-corrected chi connectivity index (χ0v) is 16.2. The molecule has 0 saturated carbocycles. The van der Waals surface area contributed by atoms with E-state index in [9.17, 15) is 28.5 Å². The minimum Gasteiger partial charge on any atom is -0.388 e. The summed E-state index contributed by atoms with van der Waals surface area (Å²) >= 11 is 1.06. The van der Waals surface area contributed by atoms with Gasteiger partial charge in [0, 0.05) is 14.1 Å². The molecule has 10 heteroatoms. The zero-order valence-electron chi connectivity index (χ0n) is 15.4. The van der Waals surface area contributed by atoms with Gasteiger partial charge in [0.1, 0.15) is 29.8 Å². The highest BCUT2D eigenvalue weighted by molar-refractivity contribution is 8.14. The van der Waals surface area contributed by atoms with Crippen LogP contribution in [-0.4, -0.2) is 81.0 Å². The molecule has 2 aliphatic heterocycles. The number of fused-ring (bicyclic) bond motifs is 1. The van der Waals surface area contributed by atoms with Crippen molar-refractivity contribution in [3.8, 4) is 0 Å². The Hall–Kier alpha value is -1.33. The van der Waals surface area contributed by atoms with Crippen molar-refractivity contribution in [1.29, 1.82) is 0 Å². The fourth-order valence-electron chi connectivity index (χ4n) is 3.38. The van der Waals surface area contributed by atoms with Crippen LogP contribution in [0.25, 0.3) is 0 Å². The van der Waals surface area contributed by atoms with Gasteiger partial charge in [0.2, 0.25) is 0 Å². The molecular weight excluding hydrogens is 397 g/mol. The number of aliphatic imine (C=N–C) groups is 1. The van der Waals surface area contributed by atoms with Crippen LogP contribution in [-0.2, 0) is 11.2 Å². The summed E-state index contributed by atoms with van der Waals surface area (Å²) in [7, 11) is 3.41. The lowest BCUT2D eigenvalue weighted by Crippen LogP contribution is -2.67. The molecule has 0 bridgehead atoms. The van der Waals surface area contributed by atoms with Crippen molar-refractivity contribution < 1.29 is 33.2 Å². The molecule has 1 saturated heterocycles. The van der Waals surface area contributed by atoms with Crippen molar-refractivity contribution in [1.82, 2.24) is 4.90 Å². The Labute approximate surface area is 165 Å². The van der Waals surface area contributed by atoms with Gasteiger partial charge in [-0.05, 0) is 18.4 Å². The number of alkyl halides is 3. The van der Waals surface area contributed by atoms with Crippen molar-refractivity contribution in [3.63, 3.8) is 0 Å². The number of rotatable bonds is 4. The third kappa shape index (κ3) is 3.88. The second-order valence-corrected chi connectivity index (χ2v) is 8.29. The smallest absolute Gasteiger partial charge is 0.388 e. The van der Waals surface area contributed by atoms with E-state index in [1.165, 1.54) is 0 Å². The van der Waals surface area contributed by atoms with Gasteiger partial charge in [-0.2, -0.15) is 13.2 Å². The Morgan fingerprint density at radius 3 is 2.36 bits per heavy atom. The lowest BCUT2D eigenvalue weighted by Gasteiger charge is -2.46. The van der Waals surface area contributed by atoms with E-state index in [-0.39, 0.29) is 6.42 Å². The molecule has 156 valence electrons. The molecule has 0 amide bonds. The van der Waals surface area contributed by atoms with Crippen molar-refractivity contribution in [3.05, 3.63) is 35.9 Å². The molecule has 6 atom stereocenters. The van der Waals surface area contributed by atoms with Crippen LogP contribution in [0.4, 0.5) is 13.2 Å². The summed E-state index contributed by atoms with van der Waals surface area (Å²) < 4.78 is 47.1. The van der Waals surface area contributed by atoms with Crippen LogP contribution in [0.3, 0.4) is 0 Å². The topological polar surface area (TPSA) is 85.5 Å². The number of aryl methyl sites for hydroxylation is 1. The van der Waals surface area contributed by atoms with E-state index in [0.717, 1.165) is 11.8 Å². The normalized spacial score (nSPS) is 32.4. The highest BCUT2D eigenvalue weighted by Gasteiger charge is 2.65. The molecule has 1 aromatic rings. The molecule has 2 aliphatic rings. The first-order valence-electron chi connectivity index (χ1n) is 8.81. The Kier molecular flexibility index (Phi) is 5.98. The molecule has 0 aliphatic carbocycles. The molecular formula is C18H23F3N2O4S. The minimum absolute atomic E-state index is 0.0692. The van der Waals surface area contributed by atoms with Gasteiger partial charge in [-0.3, -0.25) is 4.99 Å².